The van der Waals surface area contributed by atoms with E-state index in [4.69, 9.17) is 4.74 Å². The van der Waals surface area contributed by atoms with Gasteiger partial charge in [0.2, 0.25) is 5.88 Å². The van der Waals surface area contributed by atoms with E-state index in [0.717, 1.165) is 18.6 Å². The Labute approximate surface area is 110 Å². The monoisotopic (exact) mass is 245 g/mol. The third kappa shape index (κ3) is 3.00. The van der Waals surface area contributed by atoms with Gasteiger partial charge in [0.05, 0.1) is 0 Å². The van der Waals surface area contributed by atoms with Crippen molar-refractivity contribution in [3.8, 4) is 5.75 Å². The average molecular weight is 245 g/mol. The van der Waals surface area contributed by atoms with Gasteiger partial charge in [-0.25, -0.2) is 4.99 Å². The first-order valence-electron chi connectivity index (χ1n) is 6.69. The van der Waals surface area contributed by atoms with Crippen molar-refractivity contribution in [2.45, 2.75) is 46.5 Å². The lowest BCUT2D eigenvalue weighted by Crippen LogP contribution is -1.97. The Kier molecular flexibility index (Phi) is 5.63. The summed E-state index contributed by atoms with van der Waals surface area (Å²) in [6, 6.07) is 8.20. The van der Waals surface area contributed by atoms with Gasteiger partial charge in [0.25, 0.3) is 0 Å². The molecule has 0 fully saturated rings. The fourth-order valence-corrected chi connectivity index (χ4v) is 2.20. The zero-order valence-corrected chi connectivity index (χ0v) is 11.9. The maximum Gasteiger partial charge on any atom is 0.217 e. The van der Waals surface area contributed by atoms with E-state index in [1.807, 2.05) is 26.0 Å². The molecule has 0 N–H and O–H groups in total. The Hall–Kier alpha value is -1.57. The molecule has 0 spiro atoms. The van der Waals surface area contributed by atoms with Crippen LogP contribution < -0.4 is 4.74 Å². The van der Waals surface area contributed by atoms with Gasteiger partial charge in [-0.05, 0) is 49.6 Å². The molecule has 1 aromatic carbocycles. The molecule has 0 bridgehead atoms. The summed E-state index contributed by atoms with van der Waals surface area (Å²) in [4.78, 5) is 3.96. The fourth-order valence-electron chi connectivity index (χ4n) is 2.20. The first kappa shape index (κ1) is 14.5. The lowest BCUT2D eigenvalue weighted by Gasteiger charge is -2.14. The number of ether oxygens (including phenoxy) is 1. The zero-order valence-electron chi connectivity index (χ0n) is 11.9. The van der Waals surface area contributed by atoms with Crippen LogP contribution >= 0.6 is 0 Å². The molecule has 1 aliphatic heterocycles. The predicted molar refractivity (Wildman–Crippen MR) is 78.3 cm³/mol. The molecule has 2 nitrogen and oxygen atoms in total. The number of rotatable bonds is 2. The molecule has 1 unspecified atom stereocenters. The van der Waals surface area contributed by atoms with Crippen molar-refractivity contribution in [3.63, 3.8) is 0 Å². The normalized spacial score (nSPS) is 17.9. The van der Waals surface area contributed by atoms with Gasteiger partial charge in [-0.1, -0.05) is 39.0 Å². The van der Waals surface area contributed by atoms with Crippen molar-refractivity contribution in [2.75, 3.05) is 0 Å². The van der Waals surface area contributed by atoms with Crippen LogP contribution in [-0.2, 0) is 0 Å². The van der Waals surface area contributed by atoms with Gasteiger partial charge in [0.15, 0.2) is 0 Å². The Balaban J connectivity index is 0.000000771. The smallest absolute Gasteiger partial charge is 0.217 e. The van der Waals surface area contributed by atoms with E-state index >= 15 is 0 Å². The summed E-state index contributed by atoms with van der Waals surface area (Å²) in [7, 11) is 0. The Morgan fingerprint density at radius 2 is 2.00 bits per heavy atom. The van der Waals surface area contributed by atoms with Crippen LogP contribution in [0.1, 0.15) is 52.0 Å². The molecule has 1 aliphatic rings. The summed E-state index contributed by atoms with van der Waals surface area (Å²) in [5.41, 5.74) is 2.46. The summed E-state index contributed by atoms with van der Waals surface area (Å²) in [6.45, 7) is 11.8. The number of para-hydroxylation sites is 1. The first-order valence-corrected chi connectivity index (χ1v) is 6.69. The molecular formula is C16H23NO. The average Bonchev–Trinajstić information content (AvgIpc) is 2.57. The number of aliphatic imine (C=N–C) groups is 1. The van der Waals surface area contributed by atoms with Crippen LogP contribution in [0.5, 0.6) is 5.75 Å². The van der Waals surface area contributed by atoms with Crippen LogP contribution in [-0.4, -0.2) is 6.72 Å². The lowest BCUT2D eigenvalue weighted by atomic mass is 9.90. The van der Waals surface area contributed by atoms with Gasteiger partial charge in [0.1, 0.15) is 5.75 Å². The third-order valence-corrected chi connectivity index (χ3v) is 3.12. The molecule has 0 radical (unpaired) electrons. The molecule has 0 saturated carbocycles. The van der Waals surface area contributed by atoms with Crippen LogP contribution in [0, 0.1) is 0 Å². The van der Waals surface area contributed by atoms with E-state index in [0.29, 0.717) is 11.8 Å². The topological polar surface area (TPSA) is 21.6 Å². The van der Waals surface area contributed by atoms with Gasteiger partial charge in [0, 0.05) is 0 Å². The number of hydrogen-bond acceptors (Lipinski definition) is 2. The van der Waals surface area contributed by atoms with E-state index in [-0.39, 0.29) is 0 Å². The van der Waals surface area contributed by atoms with Crippen molar-refractivity contribution in [3.05, 3.63) is 41.3 Å². The minimum Gasteiger partial charge on any atom is -0.439 e. The van der Waals surface area contributed by atoms with Crippen LogP contribution in [0.4, 0.5) is 0 Å². The summed E-state index contributed by atoms with van der Waals surface area (Å²) >= 11 is 0. The van der Waals surface area contributed by atoms with Crippen molar-refractivity contribution in [2.24, 2.45) is 4.99 Å². The van der Waals surface area contributed by atoms with E-state index < -0.39 is 0 Å². The van der Waals surface area contributed by atoms with Gasteiger partial charge in [-0.2, -0.15) is 0 Å². The number of allylic oxidation sites excluding steroid dienone is 1. The molecule has 1 aromatic rings. The molecule has 1 heterocycles. The molecule has 1 atom stereocenters. The van der Waals surface area contributed by atoms with E-state index in [2.05, 4.69) is 37.7 Å². The van der Waals surface area contributed by atoms with Crippen LogP contribution in [0.25, 0.3) is 0 Å². The Morgan fingerprint density at radius 1 is 1.33 bits per heavy atom. The van der Waals surface area contributed by atoms with E-state index in [1.165, 1.54) is 11.1 Å². The van der Waals surface area contributed by atoms with Crippen LogP contribution in [0.3, 0.4) is 0 Å². The van der Waals surface area contributed by atoms with E-state index in [1.54, 1.807) is 0 Å². The maximum absolute atomic E-state index is 5.80. The minimum absolute atomic E-state index is 0.524. The minimum atomic E-state index is 0.524. The molecule has 0 amide bonds. The number of nitrogens with zero attached hydrogens (tertiary/aromatic N) is 1. The van der Waals surface area contributed by atoms with Crippen molar-refractivity contribution in [1.29, 1.82) is 0 Å². The Bertz CT molecular complexity index is 434. The highest BCUT2D eigenvalue weighted by molar-refractivity contribution is 5.41. The number of benzene rings is 1. The zero-order chi connectivity index (χ0) is 13.5. The second-order valence-electron chi connectivity index (χ2n) is 4.19. The molecule has 2 rings (SSSR count). The highest BCUT2D eigenvalue weighted by Crippen LogP contribution is 2.38. The van der Waals surface area contributed by atoms with E-state index in [9.17, 15) is 0 Å². The third-order valence-electron chi connectivity index (χ3n) is 3.12. The molecule has 2 heteroatoms. The van der Waals surface area contributed by atoms with Crippen molar-refractivity contribution >= 4 is 6.72 Å². The molecule has 18 heavy (non-hydrogen) atoms. The predicted octanol–water partition coefficient (Wildman–Crippen LogP) is 4.92. The van der Waals surface area contributed by atoms with Gasteiger partial charge in [-0.15, -0.1) is 0 Å². The summed E-state index contributed by atoms with van der Waals surface area (Å²) in [6.07, 6.45) is 2.12. The summed E-state index contributed by atoms with van der Waals surface area (Å²) in [5.74, 6) is 2.12. The molecule has 0 aliphatic carbocycles. The quantitative estimate of drug-likeness (QED) is 0.678. The molecule has 0 aromatic heterocycles. The Morgan fingerprint density at radius 3 is 2.61 bits per heavy atom. The second-order valence-corrected chi connectivity index (χ2v) is 4.19. The summed E-state index contributed by atoms with van der Waals surface area (Å²) < 4.78 is 5.80. The number of hydrogen-bond donors (Lipinski definition) is 0. The molecule has 98 valence electrons. The van der Waals surface area contributed by atoms with Gasteiger partial charge < -0.3 is 4.74 Å². The fraction of sp³-hybridized carbons (Fsp3) is 0.438. The maximum atomic E-state index is 5.80. The van der Waals surface area contributed by atoms with Crippen LogP contribution in [0.2, 0.25) is 0 Å². The highest BCUT2D eigenvalue weighted by atomic mass is 16.5. The molecule has 0 saturated heterocycles. The van der Waals surface area contributed by atoms with Crippen LogP contribution in [0.15, 0.2) is 40.7 Å². The van der Waals surface area contributed by atoms with Crippen molar-refractivity contribution < 1.29 is 4.74 Å². The molecular weight excluding hydrogens is 222 g/mol. The standard InChI is InChI=1S/C14H17NO.C2H6/c1-4-11-9-10(2)14(15-3)16-13-8-6-5-7-12(11)13;1-2/h5-8,11H,3-4,9H2,1-2H3;1-2H3. The first-order chi connectivity index (χ1) is 8.76. The number of fused-ring (bicyclic) bond motifs is 1. The van der Waals surface area contributed by atoms with Crippen molar-refractivity contribution in [1.82, 2.24) is 0 Å². The highest BCUT2D eigenvalue weighted by Gasteiger charge is 2.21. The largest absolute Gasteiger partial charge is 0.439 e. The second kappa shape index (κ2) is 7.00. The van der Waals surface area contributed by atoms with Gasteiger partial charge >= 0.3 is 0 Å². The van der Waals surface area contributed by atoms with Gasteiger partial charge in [-0.3, -0.25) is 0 Å². The SMILES string of the molecule is C=NC1=C(C)CC(CC)c2ccccc2O1.CC. The lowest BCUT2D eigenvalue weighted by molar-refractivity contribution is 0.415. The summed E-state index contributed by atoms with van der Waals surface area (Å²) in [5, 5.41) is 0.